The lowest BCUT2D eigenvalue weighted by atomic mass is 10.3. The van der Waals surface area contributed by atoms with Crippen molar-refractivity contribution < 1.29 is 4.79 Å². The van der Waals surface area contributed by atoms with Crippen molar-refractivity contribution in [1.82, 2.24) is 9.78 Å². The molecule has 0 fully saturated rings. The number of amides is 1. The summed E-state index contributed by atoms with van der Waals surface area (Å²) in [4.78, 5) is 12.7. The zero-order valence-electron chi connectivity index (χ0n) is 9.83. The Hall–Kier alpha value is -0.660. The number of rotatable bonds is 3. The highest BCUT2D eigenvalue weighted by atomic mass is 79.9. The molecule has 4 nitrogen and oxygen atoms in total. The molecule has 0 unspecified atom stereocenters. The van der Waals surface area contributed by atoms with E-state index in [0.29, 0.717) is 4.88 Å². The Balaban J connectivity index is 2.20. The van der Waals surface area contributed by atoms with Crippen molar-refractivity contribution in [2.24, 2.45) is 7.05 Å². The van der Waals surface area contributed by atoms with Crippen LogP contribution in [0.5, 0.6) is 0 Å². The van der Waals surface area contributed by atoms with E-state index in [0.717, 1.165) is 26.1 Å². The molecular formula is C11H11Br2N3OS. The van der Waals surface area contributed by atoms with Gasteiger partial charge >= 0.3 is 0 Å². The summed E-state index contributed by atoms with van der Waals surface area (Å²) < 4.78 is 3.50. The minimum absolute atomic E-state index is 0.117. The lowest BCUT2D eigenvalue weighted by Gasteiger charge is -2.01. The Morgan fingerprint density at radius 2 is 2.28 bits per heavy atom. The van der Waals surface area contributed by atoms with Crippen molar-refractivity contribution in [3.8, 4) is 0 Å². The number of hydrogen-bond donors (Lipinski definition) is 1. The van der Waals surface area contributed by atoms with Crippen LogP contribution in [0.1, 0.15) is 22.3 Å². The monoisotopic (exact) mass is 391 g/mol. The standard InChI is InChI=1S/C11H11Br2N3OS/c1-3-7-8(5-16(2)15-7)14-11(17)9-4-6(12)10(13)18-9/h4-5H,3H2,1-2H3,(H,14,17). The van der Waals surface area contributed by atoms with E-state index in [1.54, 1.807) is 10.7 Å². The van der Waals surface area contributed by atoms with Crippen LogP contribution >= 0.6 is 43.2 Å². The van der Waals surface area contributed by atoms with E-state index < -0.39 is 0 Å². The van der Waals surface area contributed by atoms with Crippen LogP contribution in [0.2, 0.25) is 0 Å². The van der Waals surface area contributed by atoms with Gasteiger partial charge in [-0.3, -0.25) is 9.48 Å². The Kier molecular flexibility index (Phi) is 4.24. The third-order valence-corrected chi connectivity index (χ3v) is 5.61. The SMILES string of the molecule is CCc1nn(C)cc1NC(=O)c1cc(Br)c(Br)s1. The predicted octanol–water partition coefficient (Wildman–Crippen LogP) is 3.82. The summed E-state index contributed by atoms with van der Waals surface area (Å²) in [7, 11) is 1.84. The number of anilines is 1. The van der Waals surface area contributed by atoms with E-state index in [2.05, 4.69) is 42.3 Å². The average Bonchev–Trinajstić information content (AvgIpc) is 2.83. The largest absolute Gasteiger partial charge is 0.318 e. The summed E-state index contributed by atoms with van der Waals surface area (Å²) >= 11 is 8.14. The first-order valence-electron chi connectivity index (χ1n) is 5.30. The molecule has 0 saturated carbocycles. The molecule has 0 aliphatic carbocycles. The molecule has 0 radical (unpaired) electrons. The maximum Gasteiger partial charge on any atom is 0.265 e. The number of nitrogens with zero attached hydrogens (tertiary/aromatic N) is 2. The smallest absolute Gasteiger partial charge is 0.265 e. The Morgan fingerprint density at radius 1 is 1.56 bits per heavy atom. The normalized spacial score (nSPS) is 10.7. The number of halogens is 2. The van der Waals surface area contributed by atoms with Gasteiger partial charge in [-0.2, -0.15) is 5.10 Å². The molecule has 0 saturated heterocycles. The Morgan fingerprint density at radius 3 is 2.83 bits per heavy atom. The van der Waals surface area contributed by atoms with Crippen LogP contribution in [0.4, 0.5) is 5.69 Å². The summed E-state index contributed by atoms with van der Waals surface area (Å²) in [6, 6.07) is 1.80. The molecule has 0 aliphatic heterocycles. The zero-order valence-corrected chi connectivity index (χ0v) is 13.8. The molecule has 0 aromatic carbocycles. The number of aromatic nitrogens is 2. The molecule has 0 aliphatic rings. The predicted molar refractivity (Wildman–Crippen MR) is 80.3 cm³/mol. The minimum Gasteiger partial charge on any atom is -0.318 e. The Labute approximate surface area is 126 Å². The number of carbonyl (C=O) groups is 1. The maximum atomic E-state index is 12.1. The number of nitrogens with one attached hydrogen (secondary N) is 1. The molecule has 2 heterocycles. The van der Waals surface area contributed by atoms with Crippen molar-refractivity contribution in [2.45, 2.75) is 13.3 Å². The van der Waals surface area contributed by atoms with E-state index >= 15 is 0 Å². The highest BCUT2D eigenvalue weighted by molar-refractivity contribution is 9.13. The highest BCUT2D eigenvalue weighted by Crippen LogP contribution is 2.32. The van der Waals surface area contributed by atoms with Gasteiger partial charge in [-0.25, -0.2) is 0 Å². The van der Waals surface area contributed by atoms with Crippen molar-refractivity contribution in [2.75, 3.05) is 5.32 Å². The second kappa shape index (κ2) is 5.54. The molecule has 96 valence electrons. The van der Waals surface area contributed by atoms with E-state index in [1.807, 2.05) is 20.2 Å². The van der Waals surface area contributed by atoms with Gasteiger partial charge in [-0.1, -0.05) is 6.92 Å². The fourth-order valence-electron chi connectivity index (χ4n) is 1.54. The molecule has 18 heavy (non-hydrogen) atoms. The lowest BCUT2D eigenvalue weighted by Crippen LogP contribution is -2.10. The van der Waals surface area contributed by atoms with Gasteiger partial charge in [0.1, 0.15) is 0 Å². The number of hydrogen-bond acceptors (Lipinski definition) is 3. The molecule has 7 heteroatoms. The highest BCUT2D eigenvalue weighted by Gasteiger charge is 2.14. The van der Waals surface area contributed by atoms with Gasteiger partial charge in [-0.15, -0.1) is 11.3 Å². The molecule has 2 rings (SSSR count). The molecular weight excluding hydrogens is 382 g/mol. The van der Waals surface area contributed by atoms with Gasteiger partial charge in [0.25, 0.3) is 5.91 Å². The number of thiophene rings is 1. The molecule has 0 bridgehead atoms. The van der Waals surface area contributed by atoms with Crippen molar-refractivity contribution >= 4 is 54.8 Å². The van der Waals surface area contributed by atoms with E-state index in [-0.39, 0.29) is 5.91 Å². The van der Waals surface area contributed by atoms with Gasteiger partial charge in [0.2, 0.25) is 0 Å². The van der Waals surface area contributed by atoms with Crippen molar-refractivity contribution in [3.63, 3.8) is 0 Å². The summed E-state index contributed by atoms with van der Waals surface area (Å²) in [5.74, 6) is -0.117. The molecule has 1 amide bonds. The van der Waals surface area contributed by atoms with Gasteiger partial charge in [-0.05, 0) is 44.3 Å². The van der Waals surface area contributed by atoms with Crippen LogP contribution in [-0.2, 0) is 13.5 Å². The second-order valence-electron chi connectivity index (χ2n) is 3.70. The summed E-state index contributed by atoms with van der Waals surface area (Å²) in [5, 5.41) is 7.17. The molecule has 2 aromatic heterocycles. The van der Waals surface area contributed by atoms with Gasteiger partial charge in [0.05, 0.1) is 20.0 Å². The number of aryl methyl sites for hydroxylation is 2. The van der Waals surface area contributed by atoms with Gasteiger partial charge < -0.3 is 5.32 Å². The van der Waals surface area contributed by atoms with Crippen LogP contribution in [0.15, 0.2) is 20.5 Å². The third-order valence-electron chi connectivity index (χ3n) is 2.36. The zero-order chi connectivity index (χ0) is 13.3. The first kappa shape index (κ1) is 13.8. The first-order chi connectivity index (χ1) is 8.51. The van der Waals surface area contributed by atoms with Crippen LogP contribution in [0.3, 0.4) is 0 Å². The van der Waals surface area contributed by atoms with Gasteiger partial charge in [0, 0.05) is 17.7 Å². The lowest BCUT2D eigenvalue weighted by molar-refractivity contribution is 0.103. The minimum atomic E-state index is -0.117. The molecule has 2 aromatic rings. The van der Waals surface area contributed by atoms with E-state index in [9.17, 15) is 4.79 Å². The van der Waals surface area contributed by atoms with Crippen molar-refractivity contribution in [3.05, 3.63) is 31.1 Å². The van der Waals surface area contributed by atoms with Crippen LogP contribution in [-0.4, -0.2) is 15.7 Å². The topological polar surface area (TPSA) is 46.9 Å². The third kappa shape index (κ3) is 2.84. The number of carbonyl (C=O) groups excluding carboxylic acids is 1. The quantitative estimate of drug-likeness (QED) is 0.862. The first-order valence-corrected chi connectivity index (χ1v) is 7.70. The molecule has 0 atom stereocenters. The summed E-state index contributed by atoms with van der Waals surface area (Å²) in [5.41, 5.74) is 1.66. The van der Waals surface area contributed by atoms with E-state index in [4.69, 9.17) is 0 Å². The average molecular weight is 393 g/mol. The fourth-order valence-corrected chi connectivity index (χ4v) is 3.47. The van der Waals surface area contributed by atoms with Crippen molar-refractivity contribution in [1.29, 1.82) is 0 Å². The molecule has 1 N–H and O–H groups in total. The van der Waals surface area contributed by atoms with Crippen LogP contribution < -0.4 is 5.32 Å². The summed E-state index contributed by atoms with van der Waals surface area (Å²) in [6.45, 7) is 2.01. The Bertz CT molecular complexity index is 572. The maximum absolute atomic E-state index is 12.1. The van der Waals surface area contributed by atoms with Crippen LogP contribution in [0.25, 0.3) is 0 Å². The van der Waals surface area contributed by atoms with Gasteiger partial charge in [0.15, 0.2) is 0 Å². The second-order valence-corrected chi connectivity index (χ2v) is 6.93. The van der Waals surface area contributed by atoms with E-state index in [1.165, 1.54) is 11.3 Å². The summed E-state index contributed by atoms with van der Waals surface area (Å²) in [6.07, 6.45) is 2.60. The molecule has 0 spiro atoms. The van der Waals surface area contributed by atoms with Crippen LogP contribution in [0, 0.1) is 0 Å². The fraction of sp³-hybridized carbons (Fsp3) is 0.273.